The average molecular weight is 341 g/mol. The molecule has 0 saturated carbocycles. The summed E-state index contributed by atoms with van der Waals surface area (Å²) >= 11 is 0. The van der Waals surface area contributed by atoms with Crippen LogP contribution < -0.4 is 5.73 Å². The topological polar surface area (TPSA) is 79.5 Å². The number of hydrogen-bond acceptors (Lipinski definition) is 4. The number of primary amides is 1. The summed E-state index contributed by atoms with van der Waals surface area (Å²) in [7, 11) is 4.02. The van der Waals surface area contributed by atoms with E-state index in [1.807, 2.05) is 45.3 Å². The Labute approximate surface area is 149 Å². The number of nitrogens with zero attached hydrogens (tertiary/aromatic N) is 2. The van der Waals surface area contributed by atoms with Crippen LogP contribution >= 0.6 is 0 Å². The molecule has 1 aromatic heterocycles. The minimum atomic E-state index is -0.283. The lowest BCUT2D eigenvalue weighted by Gasteiger charge is -2.30. The molecule has 5 nitrogen and oxygen atoms in total. The van der Waals surface area contributed by atoms with Gasteiger partial charge in [-0.1, -0.05) is 25.1 Å². The molecule has 0 aliphatic rings. The van der Waals surface area contributed by atoms with Crippen LogP contribution in [0, 0.1) is 5.92 Å². The van der Waals surface area contributed by atoms with Gasteiger partial charge in [-0.2, -0.15) is 0 Å². The quantitative estimate of drug-likeness (QED) is 0.773. The van der Waals surface area contributed by atoms with Crippen molar-refractivity contribution in [3.63, 3.8) is 0 Å². The maximum Gasteiger partial charge on any atom is 0.221 e. The van der Waals surface area contributed by atoms with Crippen LogP contribution in [0.5, 0.6) is 5.75 Å². The van der Waals surface area contributed by atoms with Gasteiger partial charge in [0.05, 0.1) is 0 Å². The number of amides is 1. The predicted molar refractivity (Wildman–Crippen MR) is 99.2 cm³/mol. The molecule has 5 heteroatoms. The van der Waals surface area contributed by atoms with E-state index < -0.39 is 0 Å². The Kier molecular flexibility index (Phi) is 6.53. The summed E-state index contributed by atoms with van der Waals surface area (Å²) in [6, 6.07) is 11.2. The molecule has 3 atom stereocenters. The van der Waals surface area contributed by atoms with E-state index in [9.17, 15) is 9.90 Å². The third-order valence-electron chi connectivity index (χ3n) is 4.84. The van der Waals surface area contributed by atoms with Gasteiger partial charge in [-0.15, -0.1) is 0 Å². The predicted octanol–water partition coefficient (Wildman–Crippen LogP) is 2.56. The molecule has 0 saturated heterocycles. The highest BCUT2D eigenvalue weighted by molar-refractivity contribution is 5.77. The summed E-state index contributed by atoms with van der Waals surface area (Å²) in [5, 5.41) is 9.44. The smallest absolute Gasteiger partial charge is 0.221 e. The van der Waals surface area contributed by atoms with Gasteiger partial charge in [-0.3, -0.25) is 9.78 Å². The Balaban J connectivity index is 2.16. The summed E-state index contributed by atoms with van der Waals surface area (Å²) in [6.07, 6.45) is 4.98. The normalized spacial score (nSPS) is 14.9. The average Bonchev–Trinajstić information content (AvgIpc) is 2.60. The van der Waals surface area contributed by atoms with Crippen LogP contribution in [0.4, 0.5) is 0 Å². The van der Waals surface area contributed by atoms with Crippen LogP contribution in [0.2, 0.25) is 0 Å². The van der Waals surface area contributed by atoms with Gasteiger partial charge in [-0.05, 0) is 62.2 Å². The Morgan fingerprint density at radius 2 is 1.92 bits per heavy atom. The molecule has 1 amide bonds. The molecule has 3 N–H and O–H groups in total. The number of hydrogen-bond donors (Lipinski definition) is 2. The van der Waals surface area contributed by atoms with Crippen molar-refractivity contribution in [1.29, 1.82) is 0 Å². The van der Waals surface area contributed by atoms with Crippen LogP contribution in [-0.4, -0.2) is 41.0 Å². The number of phenolic OH excluding ortho intramolecular Hbond substituents is 1. The molecule has 2 unspecified atom stereocenters. The fourth-order valence-electron chi connectivity index (χ4n) is 3.12. The summed E-state index contributed by atoms with van der Waals surface area (Å²) in [5.41, 5.74) is 7.87. The van der Waals surface area contributed by atoms with Crippen molar-refractivity contribution in [2.24, 2.45) is 11.7 Å². The van der Waals surface area contributed by atoms with Crippen LogP contribution in [0.3, 0.4) is 0 Å². The second kappa shape index (κ2) is 8.62. The van der Waals surface area contributed by atoms with Crippen molar-refractivity contribution in [2.75, 3.05) is 14.1 Å². The number of phenols is 1. The largest absolute Gasteiger partial charge is 0.508 e. The number of pyridine rings is 1. The van der Waals surface area contributed by atoms with Gasteiger partial charge in [0.25, 0.3) is 0 Å². The van der Waals surface area contributed by atoms with Gasteiger partial charge < -0.3 is 15.7 Å². The molecule has 0 fully saturated rings. The highest BCUT2D eigenvalue weighted by Gasteiger charge is 2.28. The van der Waals surface area contributed by atoms with Crippen molar-refractivity contribution in [3.05, 3.63) is 59.9 Å². The van der Waals surface area contributed by atoms with E-state index in [1.165, 1.54) is 0 Å². The first-order valence-corrected chi connectivity index (χ1v) is 8.52. The van der Waals surface area contributed by atoms with E-state index in [0.29, 0.717) is 6.42 Å². The Hall–Kier alpha value is -2.40. The number of aromatic hydroxyl groups is 1. The molecule has 2 rings (SSSR count). The number of carbonyl (C=O) groups is 1. The monoisotopic (exact) mass is 341 g/mol. The van der Waals surface area contributed by atoms with E-state index >= 15 is 0 Å². The number of nitrogens with two attached hydrogens (primary N) is 1. The van der Waals surface area contributed by atoms with E-state index in [2.05, 4.69) is 9.88 Å². The Morgan fingerprint density at radius 3 is 2.44 bits per heavy atom. The number of benzene rings is 1. The van der Waals surface area contributed by atoms with Crippen molar-refractivity contribution in [2.45, 2.75) is 31.7 Å². The summed E-state index contributed by atoms with van der Waals surface area (Å²) in [5.74, 6) is -0.290. The molecule has 0 spiro atoms. The summed E-state index contributed by atoms with van der Waals surface area (Å²) in [6.45, 7) is 2.03. The molecule has 0 radical (unpaired) electrons. The molecule has 0 bridgehead atoms. The molecule has 0 aliphatic heterocycles. The second-order valence-electron chi connectivity index (χ2n) is 6.81. The van der Waals surface area contributed by atoms with Gasteiger partial charge in [0.1, 0.15) is 5.75 Å². The lowest BCUT2D eigenvalue weighted by molar-refractivity contribution is -0.123. The molecular formula is C20H27N3O2. The zero-order valence-electron chi connectivity index (χ0n) is 15.1. The number of carbonyl (C=O) groups excluding carboxylic acids is 1. The minimum absolute atomic E-state index is 0.00784. The highest BCUT2D eigenvalue weighted by Crippen LogP contribution is 2.29. The van der Waals surface area contributed by atoms with E-state index in [0.717, 1.165) is 17.5 Å². The van der Waals surface area contributed by atoms with Crippen LogP contribution in [0.25, 0.3) is 0 Å². The molecule has 2 aromatic rings. The zero-order chi connectivity index (χ0) is 18.4. The van der Waals surface area contributed by atoms with Gasteiger partial charge in [0.2, 0.25) is 5.91 Å². The first-order chi connectivity index (χ1) is 11.9. The molecule has 25 heavy (non-hydrogen) atoms. The van der Waals surface area contributed by atoms with E-state index in [1.54, 1.807) is 24.5 Å². The van der Waals surface area contributed by atoms with Crippen LogP contribution in [0.1, 0.15) is 30.4 Å². The first-order valence-electron chi connectivity index (χ1n) is 8.52. The molecule has 1 heterocycles. The van der Waals surface area contributed by atoms with Crippen LogP contribution in [0.15, 0.2) is 48.8 Å². The SMILES string of the molecule is CC(c1cccnc1)C(C[C@@H](Cc1ccc(O)cc1)N(C)C)C(N)=O. The number of aromatic nitrogens is 1. The van der Waals surface area contributed by atoms with Crippen molar-refractivity contribution >= 4 is 5.91 Å². The Bertz CT molecular complexity index is 671. The molecular weight excluding hydrogens is 314 g/mol. The first kappa shape index (κ1) is 18.9. The number of likely N-dealkylation sites (N-methyl/N-ethyl adjacent to an activating group) is 1. The summed E-state index contributed by atoms with van der Waals surface area (Å²) < 4.78 is 0. The van der Waals surface area contributed by atoms with E-state index in [4.69, 9.17) is 5.73 Å². The van der Waals surface area contributed by atoms with Crippen LogP contribution in [-0.2, 0) is 11.2 Å². The van der Waals surface area contributed by atoms with Crippen molar-refractivity contribution in [1.82, 2.24) is 9.88 Å². The van der Waals surface area contributed by atoms with Gasteiger partial charge in [0.15, 0.2) is 0 Å². The molecule has 134 valence electrons. The lowest BCUT2D eigenvalue weighted by Crippen LogP contribution is -2.38. The third-order valence-corrected chi connectivity index (χ3v) is 4.84. The zero-order valence-corrected chi connectivity index (χ0v) is 15.1. The van der Waals surface area contributed by atoms with E-state index in [-0.39, 0.29) is 29.5 Å². The molecule has 0 aliphatic carbocycles. The number of rotatable bonds is 8. The van der Waals surface area contributed by atoms with Gasteiger partial charge in [0, 0.05) is 24.4 Å². The highest BCUT2D eigenvalue weighted by atomic mass is 16.3. The maximum absolute atomic E-state index is 12.1. The third kappa shape index (κ3) is 5.29. The van der Waals surface area contributed by atoms with Crippen molar-refractivity contribution < 1.29 is 9.90 Å². The minimum Gasteiger partial charge on any atom is -0.508 e. The lowest BCUT2D eigenvalue weighted by atomic mass is 9.82. The molecule has 1 aromatic carbocycles. The van der Waals surface area contributed by atoms with Crippen molar-refractivity contribution in [3.8, 4) is 5.75 Å². The fourth-order valence-corrected chi connectivity index (χ4v) is 3.12. The second-order valence-corrected chi connectivity index (χ2v) is 6.81. The maximum atomic E-state index is 12.1. The standard InChI is InChI=1S/C20H27N3O2/c1-14(16-5-4-10-22-13-16)19(20(21)25)12-17(23(2)3)11-15-6-8-18(24)9-7-15/h4-10,13-14,17,19,24H,11-12H2,1-3H3,(H2,21,25)/t14?,17-,19?/m1/s1. The summed E-state index contributed by atoms with van der Waals surface area (Å²) in [4.78, 5) is 18.4. The van der Waals surface area contributed by atoms with Gasteiger partial charge >= 0.3 is 0 Å². The fraction of sp³-hybridized carbons (Fsp3) is 0.400. The Morgan fingerprint density at radius 1 is 1.24 bits per heavy atom. The van der Waals surface area contributed by atoms with Gasteiger partial charge in [-0.25, -0.2) is 0 Å².